The average molecular weight is 316 g/mol. The van der Waals surface area contributed by atoms with E-state index in [-0.39, 0.29) is 5.84 Å². The van der Waals surface area contributed by atoms with Crippen molar-refractivity contribution in [1.29, 1.82) is 0 Å². The van der Waals surface area contributed by atoms with Crippen LogP contribution in [0.2, 0.25) is 0 Å². The smallest absolute Gasteiger partial charge is 0.171 e. The number of sulfone groups is 1. The number of hydrogen-bond acceptors (Lipinski definition) is 7. The van der Waals surface area contributed by atoms with E-state index in [0.717, 1.165) is 5.75 Å². The van der Waals surface area contributed by atoms with Gasteiger partial charge in [-0.3, -0.25) is 0 Å². The fourth-order valence-corrected chi connectivity index (χ4v) is 4.79. The van der Waals surface area contributed by atoms with Crippen LogP contribution in [0.5, 0.6) is 0 Å². The van der Waals surface area contributed by atoms with E-state index in [1.807, 2.05) is 0 Å². The van der Waals surface area contributed by atoms with Gasteiger partial charge >= 0.3 is 0 Å². The Hall–Kier alpha value is -1.48. The normalized spacial score (nSPS) is 20.9. The van der Waals surface area contributed by atoms with Crippen molar-refractivity contribution in [3.8, 4) is 0 Å². The van der Waals surface area contributed by atoms with E-state index in [0.29, 0.717) is 23.7 Å². The first kappa shape index (κ1) is 14.9. The Morgan fingerprint density at radius 3 is 2.90 bits per heavy atom. The first-order valence-corrected chi connectivity index (χ1v) is 9.01. The molecule has 9 heteroatoms. The summed E-state index contributed by atoms with van der Waals surface area (Å²) < 4.78 is 23.7. The summed E-state index contributed by atoms with van der Waals surface area (Å²) in [6.07, 6.45) is 2.70. The van der Waals surface area contributed by atoms with Gasteiger partial charge in [0, 0.05) is 36.1 Å². The van der Waals surface area contributed by atoms with E-state index in [2.05, 4.69) is 10.1 Å². The second-order valence-electron chi connectivity index (χ2n) is 4.44. The Morgan fingerprint density at radius 1 is 1.60 bits per heavy atom. The highest BCUT2D eigenvalue weighted by Gasteiger charge is 2.31. The minimum Gasteiger partial charge on any atom is -0.409 e. The van der Waals surface area contributed by atoms with Crippen LogP contribution >= 0.6 is 11.8 Å². The zero-order chi connectivity index (χ0) is 14.8. The van der Waals surface area contributed by atoms with Crippen molar-refractivity contribution in [2.75, 3.05) is 29.2 Å². The number of rotatable bonds is 3. The summed E-state index contributed by atoms with van der Waals surface area (Å²) in [6, 6.07) is 3.33. The summed E-state index contributed by atoms with van der Waals surface area (Å²) in [5.74, 6) is 1.94. The van der Waals surface area contributed by atoms with Crippen LogP contribution in [0.1, 0.15) is 5.56 Å². The van der Waals surface area contributed by atoms with E-state index >= 15 is 0 Å². The van der Waals surface area contributed by atoms with E-state index in [9.17, 15) is 8.42 Å². The molecule has 110 valence electrons. The highest BCUT2D eigenvalue weighted by molar-refractivity contribution is 8.01. The zero-order valence-electron chi connectivity index (χ0n) is 10.9. The molecule has 1 aromatic rings. The lowest BCUT2D eigenvalue weighted by molar-refractivity contribution is 0.318. The van der Waals surface area contributed by atoms with E-state index in [1.54, 1.807) is 28.8 Å². The number of hydrogen-bond donors (Lipinski definition) is 2. The van der Waals surface area contributed by atoms with E-state index in [1.165, 1.54) is 12.5 Å². The van der Waals surface area contributed by atoms with E-state index < -0.39 is 15.2 Å². The van der Waals surface area contributed by atoms with Crippen molar-refractivity contribution in [2.45, 2.75) is 5.37 Å². The van der Waals surface area contributed by atoms with Crippen LogP contribution in [0.4, 0.5) is 5.82 Å². The van der Waals surface area contributed by atoms with Crippen LogP contribution in [0.25, 0.3) is 0 Å². The van der Waals surface area contributed by atoms with Crippen molar-refractivity contribution in [3.63, 3.8) is 0 Å². The number of nitrogens with two attached hydrogens (primary N) is 1. The van der Waals surface area contributed by atoms with Gasteiger partial charge in [-0.25, -0.2) is 13.4 Å². The molecule has 2 heterocycles. The Kier molecular flexibility index (Phi) is 4.39. The van der Waals surface area contributed by atoms with Crippen LogP contribution in [0, 0.1) is 0 Å². The number of amidine groups is 1. The monoisotopic (exact) mass is 316 g/mol. The van der Waals surface area contributed by atoms with Gasteiger partial charge in [0.15, 0.2) is 15.7 Å². The second-order valence-corrected chi connectivity index (χ2v) is 7.80. The molecule has 0 saturated carbocycles. The minimum absolute atomic E-state index is 0.0297. The first-order chi connectivity index (χ1) is 9.43. The van der Waals surface area contributed by atoms with Gasteiger partial charge in [0.25, 0.3) is 0 Å². The Bertz CT molecular complexity index is 601. The molecular formula is C11H16N4O3S2. The van der Waals surface area contributed by atoms with Crippen molar-refractivity contribution < 1.29 is 13.6 Å². The third kappa shape index (κ3) is 3.15. The molecule has 0 radical (unpaired) electrons. The van der Waals surface area contributed by atoms with Gasteiger partial charge in [-0.1, -0.05) is 5.16 Å². The lowest BCUT2D eigenvalue weighted by Crippen LogP contribution is -2.47. The summed E-state index contributed by atoms with van der Waals surface area (Å²) in [6.45, 7) is 0.623. The van der Waals surface area contributed by atoms with Gasteiger partial charge in [0.2, 0.25) is 0 Å². The van der Waals surface area contributed by atoms with Crippen molar-refractivity contribution in [1.82, 2.24) is 4.98 Å². The predicted octanol–water partition coefficient (Wildman–Crippen LogP) is 0.1000. The second kappa shape index (κ2) is 5.88. The Morgan fingerprint density at radius 2 is 2.35 bits per heavy atom. The molecule has 0 aromatic carbocycles. The molecule has 7 nitrogen and oxygen atoms in total. The first-order valence-electron chi connectivity index (χ1n) is 5.90. The van der Waals surface area contributed by atoms with Gasteiger partial charge in [-0.15, -0.1) is 0 Å². The lowest BCUT2D eigenvalue weighted by Gasteiger charge is -2.34. The summed E-state index contributed by atoms with van der Waals surface area (Å²) in [5.41, 5.74) is 5.95. The maximum absolute atomic E-state index is 11.8. The fourth-order valence-electron chi connectivity index (χ4n) is 1.96. The molecule has 3 N–H and O–H groups in total. The third-order valence-electron chi connectivity index (χ3n) is 3.02. The molecule has 0 amide bonds. The molecule has 2 rings (SSSR count). The van der Waals surface area contributed by atoms with Crippen LogP contribution in [0.3, 0.4) is 0 Å². The standard InChI is InChI=1S/C11H16N4O3S2/c1-20(17,18)10-7-19-5-4-15(10)9-3-2-8(6-13-9)11(12)14-16/h2-3,6,10,16H,4-5,7H2,1H3,(H2,12,14). The maximum Gasteiger partial charge on any atom is 0.171 e. The molecular weight excluding hydrogens is 300 g/mol. The quantitative estimate of drug-likeness (QED) is 0.352. The number of pyridine rings is 1. The molecule has 20 heavy (non-hydrogen) atoms. The molecule has 0 aliphatic carbocycles. The predicted molar refractivity (Wildman–Crippen MR) is 80.1 cm³/mol. The molecule has 1 aromatic heterocycles. The third-order valence-corrected chi connectivity index (χ3v) is 5.67. The molecule has 1 atom stereocenters. The van der Waals surface area contributed by atoms with Crippen LogP contribution in [0.15, 0.2) is 23.5 Å². The minimum atomic E-state index is -3.18. The van der Waals surface area contributed by atoms with Gasteiger partial charge in [0.05, 0.1) is 0 Å². The molecule has 0 spiro atoms. The van der Waals surface area contributed by atoms with Crippen molar-refractivity contribution in [2.24, 2.45) is 10.9 Å². The lowest BCUT2D eigenvalue weighted by atomic mass is 10.2. The molecule has 1 aliphatic heterocycles. The highest BCUT2D eigenvalue weighted by Crippen LogP contribution is 2.25. The Balaban J connectivity index is 2.29. The summed E-state index contributed by atoms with van der Waals surface area (Å²) in [7, 11) is -3.18. The molecule has 1 saturated heterocycles. The summed E-state index contributed by atoms with van der Waals surface area (Å²) in [4.78, 5) is 6.00. The molecule has 1 unspecified atom stereocenters. The van der Waals surface area contributed by atoms with Gasteiger partial charge in [0.1, 0.15) is 11.2 Å². The zero-order valence-corrected chi connectivity index (χ0v) is 12.6. The van der Waals surface area contributed by atoms with Gasteiger partial charge in [-0.2, -0.15) is 11.8 Å². The number of thioether (sulfide) groups is 1. The van der Waals surface area contributed by atoms with Crippen molar-refractivity contribution >= 4 is 33.3 Å². The number of nitrogens with zero attached hydrogens (tertiary/aromatic N) is 3. The number of anilines is 1. The number of oxime groups is 1. The number of aromatic nitrogens is 1. The van der Waals surface area contributed by atoms with Crippen LogP contribution in [-0.4, -0.2) is 54.1 Å². The average Bonchev–Trinajstić information content (AvgIpc) is 2.46. The van der Waals surface area contributed by atoms with Gasteiger partial charge in [-0.05, 0) is 12.1 Å². The highest BCUT2D eigenvalue weighted by atomic mass is 32.2. The van der Waals surface area contributed by atoms with Gasteiger partial charge < -0.3 is 15.8 Å². The molecule has 1 aliphatic rings. The largest absolute Gasteiger partial charge is 0.409 e. The fraction of sp³-hybridized carbons (Fsp3) is 0.455. The summed E-state index contributed by atoms with van der Waals surface area (Å²) in [5, 5.41) is 10.9. The van der Waals surface area contributed by atoms with Crippen molar-refractivity contribution in [3.05, 3.63) is 23.9 Å². The van der Waals surface area contributed by atoms with Crippen LogP contribution < -0.4 is 10.6 Å². The molecule has 1 fully saturated rings. The topological polar surface area (TPSA) is 109 Å². The van der Waals surface area contributed by atoms with Crippen LogP contribution in [-0.2, 0) is 9.84 Å². The van der Waals surface area contributed by atoms with E-state index in [4.69, 9.17) is 10.9 Å². The molecule has 0 bridgehead atoms. The maximum atomic E-state index is 11.8. The summed E-state index contributed by atoms with van der Waals surface area (Å²) >= 11 is 1.62. The Labute approximate surface area is 121 Å². The SMILES string of the molecule is CS(=O)(=O)C1CSCCN1c1ccc(C(N)=NO)cn1.